The molecule has 1 fully saturated rings. The first-order valence-corrected chi connectivity index (χ1v) is 9.45. The van der Waals surface area contributed by atoms with Crippen LogP contribution in [0.2, 0.25) is 0 Å². The first kappa shape index (κ1) is 19.6. The van der Waals surface area contributed by atoms with Gasteiger partial charge in [-0.3, -0.25) is 19.4 Å². The highest BCUT2D eigenvalue weighted by Gasteiger charge is 2.44. The summed E-state index contributed by atoms with van der Waals surface area (Å²) in [5, 5.41) is 0. The van der Waals surface area contributed by atoms with Crippen molar-refractivity contribution in [2.24, 2.45) is 0 Å². The summed E-state index contributed by atoms with van der Waals surface area (Å²) in [5.74, 6) is -0.597. The van der Waals surface area contributed by atoms with Crippen molar-refractivity contribution in [1.82, 2.24) is 9.80 Å². The number of rotatable bonds is 6. The Hall–Kier alpha value is -3.15. The Kier molecular flexibility index (Phi) is 5.78. The number of carbonyl (C=O) groups excluding carboxylic acids is 3. The van der Waals surface area contributed by atoms with E-state index in [1.165, 1.54) is 4.90 Å². The van der Waals surface area contributed by atoms with Crippen molar-refractivity contribution in [2.45, 2.75) is 33.4 Å². The van der Waals surface area contributed by atoms with Gasteiger partial charge in [-0.2, -0.15) is 0 Å². The lowest BCUT2D eigenvalue weighted by molar-refractivity contribution is -0.137. The quantitative estimate of drug-likeness (QED) is 0.724. The second-order valence-corrected chi connectivity index (χ2v) is 6.98. The number of imide groups is 1. The molecule has 1 aliphatic heterocycles. The number of urea groups is 1. The molecule has 4 amide bonds. The second-order valence-electron chi connectivity index (χ2n) is 6.98. The Bertz CT molecular complexity index is 864. The zero-order chi connectivity index (χ0) is 20.3. The number of carbonyl (C=O) groups is 3. The van der Waals surface area contributed by atoms with Crippen LogP contribution >= 0.6 is 0 Å². The van der Waals surface area contributed by atoms with Crippen LogP contribution in [0, 0.1) is 6.92 Å². The fraction of sp³-hybridized carbons (Fsp3) is 0.318. The summed E-state index contributed by atoms with van der Waals surface area (Å²) in [6.07, 6.45) is 0. The van der Waals surface area contributed by atoms with Gasteiger partial charge in [-0.25, -0.2) is 4.79 Å². The number of anilines is 1. The highest BCUT2D eigenvalue weighted by molar-refractivity contribution is 6.15. The van der Waals surface area contributed by atoms with Gasteiger partial charge < -0.3 is 4.90 Å². The maximum Gasteiger partial charge on any atom is 0.332 e. The summed E-state index contributed by atoms with van der Waals surface area (Å²) in [4.78, 5) is 42.5. The van der Waals surface area contributed by atoms with Crippen LogP contribution in [-0.4, -0.2) is 46.8 Å². The normalized spacial score (nSPS) is 16.6. The standard InChI is InChI=1S/C22H25N3O3/c1-4-23(14-18-8-6-5-7-9-18)20(26)15-24-21(27)17(3)25(22(24)28)19-12-10-16(2)11-13-19/h5-13,17H,4,14-15H2,1-3H3. The van der Waals surface area contributed by atoms with Crippen LogP contribution in [0.1, 0.15) is 25.0 Å². The summed E-state index contributed by atoms with van der Waals surface area (Å²) < 4.78 is 0. The van der Waals surface area contributed by atoms with Crippen molar-refractivity contribution in [3.8, 4) is 0 Å². The molecule has 0 aromatic heterocycles. The fourth-order valence-electron chi connectivity index (χ4n) is 3.33. The summed E-state index contributed by atoms with van der Waals surface area (Å²) in [7, 11) is 0. The third kappa shape index (κ3) is 3.91. The lowest BCUT2D eigenvalue weighted by Gasteiger charge is -2.24. The van der Waals surface area contributed by atoms with Gasteiger partial charge in [0.2, 0.25) is 5.91 Å². The minimum Gasteiger partial charge on any atom is -0.337 e. The van der Waals surface area contributed by atoms with Crippen molar-refractivity contribution < 1.29 is 14.4 Å². The molecule has 1 atom stereocenters. The number of hydrogen-bond donors (Lipinski definition) is 0. The van der Waals surface area contributed by atoms with Crippen LogP contribution in [0.3, 0.4) is 0 Å². The molecule has 0 N–H and O–H groups in total. The average molecular weight is 379 g/mol. The predicted molar refractivity (Wildman–Crippen MR) is 108 cm³/mol. The molecular weight excluding hydrogens is 354 g/mol. The molecular formula is C22H25N3O3. The van der Waals surface area contributed by atoms with Crippen molar-refractivity contribution in [3.63, 3.8) is 0 Å². The number of aryl methyl sites for hydroxylation is 1. The van der Waals surface area contributed by atoms with E-state index in [9.17, 15) is 14.4 Å². The molecule has 6 heteroatoms. The van der Waals surface area contributed by atoms with Crippen molar-refractivity contribution in [2.75, 3.05) is 18.0 Å². The number of benzene rings is 2. The molecule has 0 aliphatic carbocycles. The molecule has 146 valence electrons. The molecule has 28 heavy (non-hydrogen) atoms. The SMILES string of the molecule is CCN(Cc1ccccc1)C(=O)CN1C(=O)C(C)N(c2ccc(C)cc2)C1=O. The molecule has 3 rings (SSSR count). The monoisotopic (exact) mass is 379 g/mol. The molecule has 2 aromatic rings. The summed E-state index contributed by atoms with van der Waals surface area (Å²) in [6.45, 7) is 6.23. The van der Waals surface area contributed by atoms with Gasteiger partial charge in [0, 0.05) is 18.8 Å². The lowest BCUT2D eigenvalue weighted by atomic mass is 10.2. The van der Waals surface area contributed by atoms with Crippen molar-refractivity contribution in [3.05, 3.63) is 65.7 Å². The Labute approximate surface area is 165 Å². The average Bonchev–Trinajstić information content (AvgIpc) is 2.91. The molecule has 1 heterocycles. The topological polar surface area (TPSA) is 60.9 Å². The molecule has 0 spiro atoms. The van der Waals surface area contributed by atoms with E-state index in [0.717, 1.165) is 16.0 Å². The molecule has 1 aliphatic rings. The highest BCUT2D eigenvalue weighted by Crippen LogP contribution is 2.26. The van der Waals surface area contributed by atoms with E-state index < -0.39 is 12.1 Å². The molecule has 1 saturated heterocycles. The molecule has 2 aromatic carbocycles. The van der Waals surface area contributed by atoms with Gasteiger partial charge >= 0.3 is 6.03 Å². The second kappa shape index (κ2) is 8.25. The van der Waals surface area contributed by atoms with Gasteiger partial charge in [-0.05, 0) is 38.5 Å². The van der Waals surface area contributed by atoms with Gasteiger partial charge in [0.15, 0.2) is 0 Å². The molecule has 0 bridgehead atoms. The van der Waals surface area contributed by atoms with E-state index >= 15 is 0 Å². The van der Waals surface area contributed by atoms with Crippen LogP contribution in [0.4, 0.5) is 10.5 Å². The molecule has 6 nitrogen and oxygen atoms in total. The minimum atomic E-state index is -0.632. The van der Waals surface area contributed by atoms with Gasteiger partial charge in [0.05, 0.1) is 0 Å². The van der Waals surface area contributed by atoms with Gasteiger partial charge in [0.1, 0.15) is 12.6 Å². The van der Waals surface area contributed by atoms with E-state index in [1.54, 1.807) is 11.8 Å². The van der Waals surface area contributed by atoms with Gasteiger partial charge in [-0.1, -0.05) is 48.0 Å². The Morgan fingerprint density at radius 1 is 1.04 bits per heavy atom. The number of hydrogen-bond acceptors (Lipinski definition) is 3. The largest absolute Gasteiger partial charge is 0.337 e. The summed E-state index contributed by atoms with van der Waals surface area (Å²) in [6, 6.07) is 16.0. The third-order valence-electron chi connectivity index (χ3n) is 5.00. The minimum absolute atomic E-state index is 0.244. The van der Waals surface area contributed by atoms with E-state index in [4.69, 9.17) is 0 Å². The van der Waals surface area contributed by atoms with E-state index in [2.05, 4.69) is 0 Å². The van der Waals surface area contributed by atoms with Crippen LogP contribution in [0.5, 0.6) is 0 Å². The van der Waals surface area contributed by atoms with Crippen LogP contribution in [0.15, 0.2) is 54.6 Å². The van der Waals surface area contributed by atoms with Gasteiger partial charge in [0.25, 0.3) is 5.91 Å². The zero-order valence-electron chi connectivity index (χ0n) is 16.5. The summed E-state index contributed by atoms with van der Waals surface area (Å²) in [5.41, 5.74) is 2.73. The van der Waals surface area contributed by atoms with E-state index in [1.807, 2.05) is 68.4 Å². The first-order chi connectivity index (χ1) is 13.4. The smallest absolute Gasteiger partial charge is 0.332 e. The van der Waals surface area contributed by atoms with E-state index in [-0.39, 0.29) is 18.4 Å². The molecule has 1 unspecified atom stereocenters. The Balaban J connectivity index is 1.73. The van der Waals surface area contributed by atoms with Crippen molar-refractivity contribution in [1.29, 1.82) is 0 Å². The van der Waals surface area contributed by atoms with Gasteiger partial charge in [-0.15, -0.1) is 0 Å². The zero-order valence-corrected chi connectivity index (χ0v) is 16.5. The number of nitrogens with zero attached hydrogens (tertiary/aromatic N) is 3. The highest BCUT2D eigenvalue weighted by atomic mass is 16.2. The fourth-order valence-corrected chi connectivity index (χ4v) is 3.33. The third-order valence-corrected chi connectivity index (χ3v) is 5.00. The van der Waals surface area contributed by atoms with E-state index in [0.29, 0.717) is 18.8 Å². The lowest BCUT2D eigenvalue weighted by Crippen LogP contribution is -2.43. The molecule has 0 saturated carbocycles. The Morgan fingerprint density at radius 3 is 2.29 bits per heavy atom. The van der Waals surface area contributed by atoms with Crippen molar-refractivity contribution >= 4 is 23.5 Å². The van der Waals surface area contributed by atoms with Crippen LogP contribution < -0.4 is 4.90 Å². The number of likely N-dealkylation sites (N-methyl/N-ethyl adjacent to an activating group) is 1. The first-order valence-electron chi connectivity index (χ1n) is 9.45. The predicted octanol–water partition coefficient (Wildman–Crippen LogP) is 3.20. The number of amides is 4. The van der Waals surface area contributed by atoms with Crippen LogP contribution in [0.25, 0.3) is 0 Å². The maximum absolute atomic E-state index is 12.9. The maximum atomic E-state index is 12.9. The Morgan fingerprint density at radius 2 is 1.68 bits per heavy atom. The summed E-state index contributed by atoms with van der Waals surface area (Å²) >= 11 is 0. The van der Waals surface area contributed by atoms with Crippen LogP contribution in [-0.2, 0) is 16.1 Å². The molecule has 0 radical (unpaired) electrons.